The Morgan fingerprint density at radius 2 is 1.90 bits per heavy atom. The van der Waals surface area contributed by atoms with Gasteiger partial charge in [0.2, 0.25) is 0 Å². The van der Waals surface area contributed by atoms with E-state index in [1.807, 2.05) is 12.1 Å². The topological polar surface area (TPSA) is 58.1 Å². The van der Waals surface area contributed by atoms with Crippen LogP contribution in [0.5, 0.6) is 5.75 Å². The quantitative estimate of drug-likeness (QED) is 0.431. The zero-order valence-electron chi connectivity index (χ0n) is 10.6. The molecule has 1 heterocycles. The predicted octanol–water partition coefficient (Wildman–Crippen LogP) is 3.81. The number of benzene rings is 1. The largest absolute Gasteiger partial charge is 0.508 e. The monoisotopic (exact) mass is 346 g/mol. The van der Waals surface area contributed by atoms with Gasteiger partial charge in [0, 0.05) is 16.4 Å². The minimum Gasteiger partial charge on any atom is -0.508 e. The van der Waals surface area contributed by atoms with Crippen LogP contribution in [0.25, 0.3) is 0 Å². The van der Waals surface area contributed by atoms with Crippen LogP contribution in [-0.4, -0.2) is 40.0 Å². The molecule has 2 N–H and O–H groups in total. The van der Waals surface area contributed by atoms with Crippen molar-refractivity contribution in [3.63, 3.8) is 0 Å². The molecular weight excluding hydrogens is 332 g/mol. The third-order valence-electron chi connectivity index (χ3n) is 2.20. The number of rotatable bonds is 8. The van der Waals surface area contributed by atoms with E-state index in [-0.39, 0.29) is 0 Å². The average Bonchev–Trinajstić information content (AvgIpc) is 2.85. The average molecular weight is 347 g/mol. The second-order valence-corrected chi connectivity index (χ2v) is 7.86. The number of nitrogens with one attached hydrogen (secondary N) is 1. The maximum absolute atomic E-state index is 9.17. The van der Waals surface area contributed by atoms with Gasteiger partial charge in [-0.3, -0.25) is 5.10 Å². The van der Waals surface area contributed by atoms with Gasteiger partial charge in [-0.05, 0) is 36.5 Å². The van der Waals surface area contributed by atoms with Crippen molar-refractivity contribution in [1.82, 2.24) is 10.2 Å². The van der Waals surface area contributed by atoms with Crippen LogP contribution in [-0.2, 0) is 4.74 Å². The number of nitrogens with zero attached hydrogens (tertiary/aromatic N) is 1. The molecule has 0 unspecified atom stereocenters. The van der Waals surface area contributed by atoms with Crippen molar-refractivity contribution in [2.24, 2.45) is 0 Å². The molecule has 0 radical (unpaired) electrons. The SMILES string of the molecule is Oc1ccc(SCCOCCSc2n[nH]c(=S)s2)cc1. The van der Waals surface area contributed by atoms with Crippen molar-refractivity contribution in [3.8, 4) is 5.75 Å². The van der Waals surface area contributed by atoms with E-state index in [0.717, 1.165) is 20.7 Å². The Labute approximate surface area is 135 Å². The van der Waals surface area contributed by atoms with Gasteiger partial charge in [0.25, 0.3) is 0 Å². The van der Waals surface area contributed by atoms with Crippen LogP contribution in [0.2, 0.25) is 0 Å². The Kier molecular flexibility index (Phi) is 6.88. The standard InChI is InChI=1S/C12H14N2O2S4/c15-9-1-3-10(4-2-9)18-7-5-16-6-8-19-12-14-13-11(17)20-12/h1-4,15H,5-8H2,(H,13,17). The molecule has 8 heteroatoms. The molecule has 0 aliphatic heterocycles. The lowest BCUT2D eigenvalue weighted by Gasteiger charge is -2.03. The lowest BCUT2D eigenvalue weighted by atomic mass is 10.3. The number of thioether (sulfide) groups is 2. The second-order valence-electron chi connectivity index (χ2n) is 3.68. The molecule has 0 spiro atoms. The summed E-state index contributed by atoms with van der Waals surface area (Å²) < 4.78 is 7.22. The molecule has 0 aliphatic carbocycles. The van der Waals surface area contributed by atoms with Gasteiger partial charge in [-0.25, -0.2) is 0 Å². The van der Waals surface area contributed by atoms with Gasteiger partial charge in [0.1, 0.15) is 5.75 Å². The summed E-state index contributed by atoms with van der Waals surface area (Å²) in [5.41, 5.74) is 0. The Balaban J connectivity index is 1.51. The highest BCUT2D eigenvalue weighted by molar-refractivity contribution is 8.01. The van der Waals surface area contributed by atoms with Crippen LogP contribution in [0.3, 0.4) is 0 Å². The number of phenols is 1. The molecule has 0 atom stereocenters. The van der Waals surface area contributed by atoms with Gasteiger partial charge in [0.05, 0.1) is 13.2 Å². The van der Waals surface area contributed by atoms with Crippen molar-refractivity contribution in [2.75, 3.05) is 24.7 Å². The maximum Gasteiger partial charge on any atom is 0.177 e. The first-order chi connectivity index (χ1) is 9.74. The normalized spacial score (nSPS) is 10.8. The van der Waals surface area contributed by atoms with Gasteiger partial charge in [-0.2, -0.15) is 5.10 Å². The van der Waals surface area contributed by atoms with Crippen molar-refractivity contribution in [1.29, 1.82) is 0 Å². The van der Waals surface area contributed by atoms with Crippen molar-refractivity contribution >= 4 is 47.1 Å². The summed E-state index contributed by atoms with van der Waals surface area (Å²) in [6, 6.07) is 7.19. The number of ether oxygens (including phenoxy) is 1. The van der Waals surface area contributed by atoms with Gasteiger partial charge in [-0.15, -0.1) is 11.8 Å². The Bertz CT molecular complexity index is 567. The predicted molar refractivity (Wildman–Crippen MR) is 87.7 cm³/mol. The summed E-state index contributed by atoms with van der Waals surface area (Å²) in [5, 5.41) is 16.0. The molecular formula is C12H14N2O2S4. The molecule has 0 fully saturated rings. The molecule has 20 heavy (non-hydrogen) atoms. The summed E-state index contributed by atoms with van der Waals surface area (Å²) in [6.07, 6.45) is 0. The number of aromatic amines is 1. The number of hydrogen-bond donors (Lipinski definition) is 2. The lowest BCUT2D eigenvalue weighted by molar-refractivity contribution is 0.167. The lowest BCUT2D eigenvalue weighted by Crippen LogP contribution is -2.01. The summed E-state index contributed by atoms with van der Waals surface area (Å²) >= 11 is 9.81. The number of aromatic nitrogens is 2. The maximum atomic E-state index is 9.17. The van der Waals surface area contributed by atoms with E-state index in [1.165, 1.54) is 11.3 Å². The highest BCUT2D eigenvalue weighted by Crippen LogP contribution is 2.21. The van der Waals surface area contributed by atoms with Crippen molar-refractivity contribution < 1.29 is 9.84 Å². The molecule has 0 aliphatic rings. The fraction of sp³-hybridized carbons (Fsp3) is 0.333. The highest BCUT2D eigenvalue weighted by Gasteiger charge is 1.99. The van der Waals surface area contributed by atoms with E-state index in [9.17, 15) is 5.11 Å². The van der Waals surface area contributed by atoms with Crippen molar-refractivity contribution in [3.05, 3.63) is 28.2 Å². The number of phenolic OH excluding ortho intramolecular Hbond substituents is 1. The minimum atomic E-state index is 0.296. The third-order valence-corrected chi connectivity index (χ3v) is 5.38. The Morgan fingerprint density at radius 1 is 1.20 bits per heavy atom. The minimum absolute atomic E-state index is 0.296. The van der Waals surface area contributed by atoms with E-state index >= 15 is 0 Å². The first kappa shape index (κ1) is 15.8. The van der Waals surface area contributed by atoms with Gasteiger partial charge in [0.15, 0.2) is 8.29 Å². The zero-order chi connectivity index (χ0) is 14.2. The third kappa shape index (κ3) is 5.84. The molecule has 0 amide bonds. The molecule has 1 aromatic heterocycles. The van der Waals surface area contributed by atoms with Gasteiger partial charge >= 0.3 is 0 Å². The first-order valence-electron chi connectivity index (χ1n) is 5.92. The van der Waals surface area contributed by atoms with Crippen LogP contribution >= 0.6 is 47.1 Å². The van der Waals surface area contributed by atoms with E-state index in [0.29, 0.717) is 22.9 Å². The smallest absolute Gasteiger partial charge is 0.177 e. The molecule has 0 saturated heterocycles. The molecule has 108 valence electrons. The van der Waals surface area contributed by atoms with E-state index in [1.54, 1.807) is 35.7 Å². The molecule has 2 rings (SSSR count). The summed E-state index contributed by atoms with van der Waals surface area (Å²) in [4.78, 5) is 1.14. The molecule has 2 aromatic rings. The van der Waals surface area contributed by atoms with Gasteiger partial charge in [-0.1, -0.05) is 23.1 Å². The fourth-order valence-corrected chi connectivity index (χ4v) is 4.10. The summed E-state index contributed by atoms with van der Waals surface area (Å²) in [5.74, 6) is 2.07. The van der Waals surface area contributed by atoms with Crippen molar-refractivity contribution in [2.45, 2.75) is 9.24 Å². The number of H-pyrrole nitrogens is 1. The van der Waals surface area contributed by atoms with Crippen LogP contribution in [0.4, 0.5) is 0 Å². The first-order valence-corrected chi connectivity index (χ1v) is 9.11. The molecule has 4 nitrogen and oxygen atoms in total. The molecule has 0 saturated carbocycles. The van der Waals surface area contributed by atoms with Crippen LogP contribution in [0.1, 0.15) is 0 Å². The second kappa shape index (κ2) is 8.68. The Morgan fingerprint density at radius 3 is 2.55 bits per heavy atom. The van der Waals surface area contributed by atoms with E-state index < -0.39 is 0 Å². The van der Waals surface area contributed by atoms with Crippen LogP contribution < -0.4 is 0 Å². The van der Waals surface area contributed by atoms with E-state index in [4.69, 9.17) is 17.0 Å². The van der Waals surface area contributed by atoms with Gasteiger partial charge < -0.3 is 9.84 Å². The Hall–Kier alpha value is -0.540. The summed E-state index contributed by atoms with van der Waals surface area (Å²) in [6.45, 7) is 1.41. The van der Waals surface area contributed by atoms with Crippen LogP contribution in [0.15, 0.2) is 33.5 Å². The fourth-order valence-electron chi connectivity index (χ4n) is 1.33. The van der Waals surface area contributed by atoms with Crippen LogP contribution in [0, 0.1) is 3.95 Å². The summed E-state index contributed by atoms with van der Waals surface area (Å²) in [7, 11) is 0. The molecule has 0 bridgehead atoms. The highest BCUT2D eigenvalue weighted by atomic mass is 32.2. The number of hydrogen-bond acceptors (Lipinski definition) is 7. The number of aromatic hydroxyl groups is 1. The van der Waals surface area contributed by atoms with E-state index in [2.05, 4.69) is 10.2 Å². The zero-order valence-corrected chi connectivity index (χ0v) is 13.8. The molecule has 1 aromatic carbocycles.